The van der Waals surface area contributed by atoms with Gasteiger partial charge in [-0.2, -0.15) is 4.98 Å². The molecule has 1 aliphatic heterocycles. The van der Waals surface area contributed by atoms with Crippen molar-refractivity contribution in [3.8, 4) is 5.82 Å². The molecule has 1 unspecified atom stereocenters. The van der Waals surface area contributed by atoms with Crippen molar-refractivity contribution >= 4 is 34.1 Å². The fourth-order valence-electron chi connectivity index (χ4n) is 4.73. The van der Waals surface area contributed by atoms with E-state index in [0.717, 1.165) is 50.2 Å². The maximum Gasteiger partial charge on any atom is 0.250 e. The Morgan fingerprint density at radius 2 is 1.92 bits per heavy atom. The van der Waals surface area contributed by atoms with Crippen LogP contribution < -0.4 is 16.0 Å². The summed E-state index contributed by atoms with van der Waals surface area (Å²) in [7, 11) is 0. The zero-order valence-corrected chi connectivity index (χ0v) is 20.5. The fraction of sp³-hybridized carbons (Fsp3) is 0.296. The Kier molecular flexibility index (Phi) is 6.56. The maximum absolute atomic E-state index is 14.9. The van der Waals surface area contributed by atoms with Crippen LogP contribution >= 0.6 is 0 Å². The van der Waals surface area contributed by atoms with Gasteiger partial charge in [-0.1, -0.05) is 31.2 Å². The minimum Gasteiger partial charge on any atom is -0.369 e. The second kappa shape index (κ2) is 9.94. The van der Waals surface area contributed by atoms with Crippen LogP contribution in [0.4, 0.5) is 21.7 Å². The Balaban J connectivity index is 1.39. The number of halogens is 1. The first-order valence-electron chi connectivity index (χ1n) is 12.2. The van der Waals surface area contributed by atoms with E-state index in [9.17, 15) is 9.18 Å². The predicted molar refractivity (Wildman–Crippen MR) is 141 cm³/mol. The summed E-state index contributed by atoms with van der Waals surface area (Å²) in [5.41, 5.74) is 8.42. The lowest BCUT2D eigenvalue weighted by Crippen LogP contribution is -2.49. The van der Waals surface area contributed by atoms with Crippen molar-refractivity contribution in [2.75, 3.05) is 36.4 Å². The number of rotatable bonds is 7. The summed E-state index contributed by atoms with van der Waals surface area (Å²) in [6.45, 7) is 8.51. The molecule has 3 N–H and O–H groups in total. The predicted octanol–water partition coefficient (Wildman–Crippen LogP) is 4.32. The Morgan fingerprint density at radius 1 is 1.14 bits per heavy atom. The van der Waals surface area contributed by atoms with Gasteiger partial charge in [-0.15, -0.1) is 0 Å². The number of nitrogens with two attached hydrogens (primary N) is 1. The molecule has 1 atom stereocenters. The van der Waals surface area contributed by atoms with Crippen LogP contribution in [0.1, 0.15) is 30.6 Å². The van der Waals surface area contributed by atoms with E-state index < -0.39 is 11.7 Å². The SMILES string of the molecule is CCC(C)N1CCN(c2cccc(Nc3ncc(F)c(-n4cc(C(N)=O)c5ccccc54)n3)c2)CC1. The molecule has 8 nitrogen and oxygen atoms in total. The number of nitrogens with zero attached hydrogens (tertiary/aromatic N) is 5. The first-order chi connectivity index (χ1) is 17.4. The van der Waals surface area contributed by atoms with Gasteiger partial charge < -0.3 is 16.0 Å². The Bertz CT molecular complexity index is 1390. The number of amides is 1. The molecule has 2 aromatic carbocycles. The molecule has 0 bridgehead atoms. The molecule has 36 heavy (non-hydrogen) atoms. The lowest BCUT2D eigenvalue weighted by Gasteiger charge is -2.39. The molecule has 0 spiro atoms. The van der Waals surface area contributed by atoms with Crippen molar-refractivity contribution in [1.82, 2.24) is 19.4 Å². The van der Waals surface area contributed by atoms with Gasteiger partial charge in [0.1, 0.15) is 0 Å². The molecule has 3 heterocycles. The minimum atomic E-state index is -0.606. The number of aromatic nitrogens is 3. The van der Waals surface area contributed by atoms with Crippen molar-refractivity contribution < 1.29 is 9.18 Å². The van der Waals surface area contributed by atoms with E-state index in [4.69, 9.17) is 5.73 Å². The Morgan fingerprint density at radius 3 is 2.67 bits per heavy atom. The number of nitrogens with one attached hydrogen (secondary N) is 1. The Labute approximate surface area is 209 Å². The summed E-state index contributed by atoms with van der Waals surface area (Å²) in [6.07, 6.45) is 3.80. The number of benzene rings is 2. The molecule has 4 aromatic rings. The van der Waals surface area contributed by atoms with Crippen LogP contribution in [0.5, 0.6) is 0 Å². The van der Waals surface area contributed by atoms with E-state index in [0.29, 0.717) is 22.5 Å². The van der Waals surface area contributed by atoms with Crippen LogP contribution in [0.3, 0.4) is 0 Å². The summed E-state index contributed by atoms with van der Waals surface area (Å²) in [4.78, 5) is 25.4. The third kappa shape index (κ3) is 4.61. The largest absolute Gasteiger partial charge is 0.369 e. The zero-order chi connectivity index (χ0) is 25.2. The smallest absolute Gasteiger partial charge is 0.250 e. The average molecular weight is 488 g/mol. The lowest BCUT2D eigenvalue weighted by atomic mass is 10.1. The number of anilines is 3. The summed E-state index contributed by atoms with van der Waals surface area (Å²) in [6, 6.07) is 15.9. The molecular weight excluding hydrogens is 457 g/mol. The van der Waals surface area contributed by atoms with E-state index in [-0.39, 0.29) is 11.8 Å². The van der Waals surface area contributed by atoms with Crippen LogP contribution in [0.2, 0.25) is 0 Å². The second-order valence-electron chi connectivity index (χ2n) is 9.11. The highest BCUT2D eigenvalue weighted by molar-refractivity contribution is 6.06. The van der Waals surface area contributed by atoms with E-state index in [1.807, 2.05) is 18.2 Å². The van der Waals surface area contributed by atoms with Gasteiger partial charge in [0.25, 0.3) is 5.91 Å². The van der Waals surface area contributed by atoms with Crippen LogP contribution in [-0.2, 0) is 0 Å². The number of hydrogen-bond acceptors (Lipinski definition) is 6. The second-order valence-corrected chi connectivity index (χ2v) is 9.11. The third-order valence-corrected chi connectivity index (χ3v) is 6.93. The van der Waals surface area contributed by atoms with Crippen LogP contribution in [0.15, 0.2) is 60.9 Å². The zero-order valence-electron chi connectivity index (χ0n) is 20.5. The van der Waals surface area contributed by atoms with Crippen LogP contribution in [0.25, 0.3) is 16.7 Å². The number of fused-ring (bicyclic) bond motifs is 1. The van der Waals surface area contributed by atoms with Gasteiger partial charge in [0, 0.05) is 55.2 Å². The quantitative estimate of drug-likeness (QED) is 0.403. The molecule has 9 heteroatoms. The van der Waals surface area contributed by atoms with E-state index in [1.165, 1.54) is 10.8 Å². The number of primary amides is 1. The van der Waals surface area contributed by atoms with Gasteiger partial charge in [-0.05, 0) is 37.6 Å². The topological polar surface area (TPSA) is 92.3 Å². The van der Waals surface area contributed by atoms with Gasteiger partial charge >= 0.3 is 0 Å². The summed E-state index contributed by atoms with van der Waals surface area (Å²) in [5, 5.41) is 3.84. The van der Waals surface area contributed by atoms with Crippen molar-refractivity contribution in [1.29, 1.82) is 0 Å². The molecule has 1 aliphatic rings. The van der Waals surface area contributed by atoms with E-state index >= 15 is 0 Å². The highest BCUT2D eigenvalue weighted by atomic mass is 19.1. The van der Waals surface area contributed by atoms with Gasteiger partial charge in [-0.3, -0.25) is 14.3 Å². The molecule has 1 amide bonds. The van der Waals surface area contributed by atoms with Crippen molar-refractivity contribution in [2.45, 2.75) is 26.3 Å². The number of carbonyl (C=O) groups excluding carboxylic acids is 1. The molecular formula is C27H30FN7O. The first-order valence-corrected chi connectivity index (χ1v) is 12.2. The average Bonchev–Trinajstić information content (AvgIpc) is 3.29. The Hall–Kier alpha value is -3.98. The number of piperazine rings is 1. The normalized spacial score (nSPS) is 15.2. The first kappa shape index (κ1) is 23.7. The molecule has 0 radical (unpaired) electrons. The summed E-state index contributed by atoms with van der Waals surface area (Å²) < 4.78 is 16.4. The van der Waals surface area contributed by atoms with E-state index in [1.54, 1.807) is 18.2 Å². The fourth-order valence-corrected chi connectivity index (χ4v) is 4.73. The molecule has 0 aliphatic carbocycles. The number of hydrogen-bond donors (Lipinski definition) is 2. The standard InChI is InChI=1S/C27H30FN7O/c1-3-18(2)33-11-13-34(14-12-33)20-8-6-7-19(15-20)31-27-30-16-23(28)26(32-27)35-17-22(25(29)36)21-9-4-5-10-24(21)35/h4-10,15-18H,3,11-14H2,1-2H3,(H2,29,36)(H,30,31,32). The van der Waals surface area contributed by atoms with Crippen LogP contribution in [0, 0.1) is 5.82 Å². The number of carbonyl (C=O) groups is 1. The monoisotopic (exact) mass is 487 g/mol. The molecule has 1 saturated heterocycles. The molecule has 5 rings (SSSR count). The van der Waals surface area contributed by atoms with Gasteiger partial charge in [-0.25, -0.2) is 9.37 Å². The summed E-state index contributed by atoms with van der Waals surface area (Å²) >= 11 is 0. The lowest BCUT2D eigenvalue weighted by molar-refractivity contribution is 0.100. The molecule has 0 saturated carbocycles. The van der Waals surface area contributed by atoms with Crippen molar-refractivity contribution in [2.24, 2.45) is 5.73 Å². The van der Waals surface area contributed by atoms with Crippen molar-refractivity contribution in [3.63, 3.8) is 0 Å². The van der Waals surface area contributed by atoms with Gasteiger partial charge in [0.2, 0.25) is 5.95 Å². The van der Waals surface area contributed by atoms with Gasteiger partial charge in [0.15, 0.2) is 11.6 Å². The van der Waals surface area contributed by atoms with Crippen molar-refractivity contribution in [3.05, 3.63) is 72.3 Å². The minimum absolute atomic E-state index is 0.0357. The summed E-state index contributed by atoms with van der Waals surface area (Å²) in [5.74, 6) is -0.901. The molecule has 1 fully saturated rings. The third-order valence-electron chi connectivity index (χ3n) is 6.93. The van der Waals surface area contributed by atoms with Gasteiger partial charge in [0.05, 0.1) is 17.3 Å². The molecule has 186 valence electrons. The number of para-hydroxylation sites is 1. The maximum atomic E-state index is 14.9. The highest BCUT2D eigenvalue weighted by Crippen LogP contribution is 2.27. The molecule has 2 aromatic heterocycles. The van der Waals surface area contributed by atoms with Crippen LogP contribution in [-0.4, -0.2) is 57.6 Å². The highest BCUT2D eigenvalue weighted by Gasteiger charge is 2.21. The van der Waals surface area contributed by atoms with E-state index in [2.05, 4.69) is 51.1 Å².